The van der Waals surface area contributed by atoms with Crippen LogP contribution >= 0.6 is 11.8 Å². The summed E-state index contributed by atoms with van der Waals surface area (Å²) in [4.78, 5) is 4.11. The summed E-state index contributed by atoms with van der Waals surface area (Å²) in [5, 5.41) is 19.7. The van der Waals surface area contributed by atoms with Crippen LogP contribution in [0.3, 0.4) is 0 Å². The molecule has 0 aliphatic carbocycles. The standard InChI is InChI=1S/C11H17NS.C8H7NO.C5H10/c1-10-5-6-12(8-10)9-11-4-2-3-7-13-11;1-6-2-3-7(5-9)8(10)4-6;1-4-5(2)3/h3-4,7,10H,2,5-6,8-9H2,1H3;2-4,10H,1H3;2,4H2,1,3H3/t10-;;/m0../s1. The predicted molar refractivity (Wildman–Crippen MR) is 122 cm³/mol. The van der Waals surface area contributed by atoms with E-state index in [4.69, 9.17) is 10.4 Å². The number of allylic oxidation sites excluding steroid dienone is 3. The van der Waals surface area contributed by atoms with E-state index in [0.717, 1.165) is 24.3 Å². The molecule has 0 bridgehead atoms. The van der Waals surface area contributed by atoms with Crippen LogP contribution in [-0.4, -0.2) is 29.6 Å². The van der Waals surface area contributed by atoms with Gasteiger partial charge in [-0.05, 0) is 73.6 Å². The Bertz CT molecular complexity index is 731. The van der Waals surface area contributed by atoms with E-state index < -0.39 is 0 Å². The van der Waals surface area contributed by atoms with Crippen LogP contribution in [0, 0.1) is 24.2 Å². The lowest BCUT2D eigenvalue weighted by Gasteiger charge is -2.17. The van der Waals surface area contributed by atoms with Gasteiger partial charge in [0.2, 0.25) is 0 Å². The van der Waals surface area contributed by atoms with Gasteiger partial charge >= 0.3 is 0 Å². The molecule has 3 nitrogen and oxygen atoms in total. The molecule has 28 heavy (non-hydrogen) atoms. The van der Waals surface area contributed by atoms with Crippen molar-refractivity contribution >= 4 is 11.8 Å². The molecule has 1 saturated heterocycles. The number of phenols is 1. The van der Waals surface area contributed by atoms with Crippen LogP contribution in [0.1, 0.15) is 51.2 Å². The average Bonchev–Trinajstić information content (AvgIpc) is 3.08. The molecule has 1 aromatic rings. The first-order valence-electron chi connectivity index (χ1n) is 9.92. The molecule has 2 aliphatic heterocycles. The zero-order chi connectivity index (χ0) is 20.9. The molecule has 0 aromatic heterocycles. The largest absolute Gasteiger partial charge is 0.507 e. The van der Waals surface area contributed by atoms with Crippen molar-refractivity contribution in [3.8, 4) is 11.8 Å². The molecule has 3 rings (SSSR count). The van der Waals surface area contributed by atoms with Crippen LogP contribution in [0.5, 0.6) is 5.75 Å². The van der Waals surface area contributed by atoms with E-state index in [1.165, 1.54) is 36.5 Å². The number of nitriles is 1. The number of phenolic OH excluding ortho intramolecular Hbond substituents is 1. The first-order chi connectivity index (χ1) is 13.3. The number of hydrogen-bond acceptors (Lipinski definition) is 4. The highest BCUT2D eigenvalue weighted by molar-refractivity contribution is 8.05. The van der Waals surface area contributed by atoms with Crippen LogP contribution in [0.25, 0.3) is 0 Å². The first-order valence-corrected chi connectivity index (χ1v) is 10.8. The molecule has 4 heteroatoms. The molecule has 1 atom stereocenters. The molecule has 2 aliphatic rings. The van der Waals surface area contributed by atoms with Crippen LogP contribution < -0.4 is 0 Å². The van der Waals surface area contributed by atoms with Crippen molar-refractivity contribution < 1.29 is 5.11 Å². The van der Waals surface area contributed by atoms with Gasteiger partial charge in [0.25, 0.3) is 0 Å². The third-order valence-electron chi connectivity index (χ3n) is 4.56. The maximum absolute atomic E-state index is 9.07. The van der Waals surface area contributed by atoms with Crippen LogP contribution in [0.15, 0.2) is 52.8 Å². The van der Waals surface area contributed by atoms with E-state index in [2.05, 4.69) is 42.9 Å². The summed E-state index contributed by atoms with van der Waals surface area (Å²) in [6.07, 6.45) is 8.20. The summed E-state index contributed by atoms with van der Waals surface area (Å²) in [5.74, 6) is 0.965. The Morgan fingerprint density at radius 1 is 1.43 bits per heavy atom. The minimum absolute atomic E-state index is 0.0579. The molecule has 152 valence electrons. The average molecular weight is 399 g/mol. The maximum Gasteiger partial charge on any atom is 0.133 e. The molecule has 1 aromatic carbocycles. The molecule has 2 heterocycles. The second-order valence-electron chi connectivity index (χ2n) is 7.47. The van der Waals surface area contributed by atoms with Gasteiger partial charge in [0.1, 0.15) is 11.8 Å². The highest BCUT2D eigenvalue weighted by Gasteiger charge is 2.19. The summed E-state index contributed by atoms with van der Waals surface area (Å²) in [6.45, 7) is 15.8. The third kappa shape index (κ3) is 9.82. The quantitative estimate of drug-likeness (QED) is 0.598. The Labute approximate surface area is 175 Å². The van der Waals surface area contributed by atoms with Gasteiger partial charge in [-0.1, -0.05) is 37.6 Å². The number of benzene rings is 1. The van der Waals surface area contributed by atoms with Gasteiger partial charge in [0.15, 0.2) is 0 Å². The van der Waals surface area contributed by atoms with Gasteiger partial charge in [-0.15, -0.1) is 18.3 Å². The minimum Gasteiger partial charge on any atom is -0.507 e. The fourth-order valence-electron chi connectivity index (χ4n) is 2.67. The number of rotatable bonds is 3. The van der Waals surface area contributed by atoms with Crippen molar-refractivity contribution in [3.05, 3.63) is 63.9 Å². The fourth-order valence-corrected chi connectivity index (χ4v) is 3.50. The van der Waals surface area contributed by atoms with Gasteiger partial charge < -0.3 is 5.11 Å². The molecule has 0 unspecified atom stereocenters. The van der Waals surface area contributed by atoms with Crippen molar-refractivity contribution in [2.75, 3.05) is 19.6 Å². The van der Waals surface area contributed by atoms with Gasteiger partial charge in [-0.3, -0.25) is 4.90 Å². The number of likely N-dealkylation sites (tertiary alicyclic amines) is 1. The monoisotopic (exact) mass is 398 g/mol. The predicted octanol–water partition coefficient (Wildman–Crippen LogP) is 6.41. The van der Waals surface area contributed by atoms with Crippen LogP contribution in [0.2, 0.25) is 0 Å². The van der Waals surface area contributed by atoms with Crippen LogP contribution in [-0.2, 0) is 0 Å². The maximum atomic E-state index is 9.07. The smallest absolute Gasteiger partial charge is 0.133 e. The normalized spacial score (nSPS) is 18.1. The molecular formula is C24H34N2OS. The van der Waals surface area contributed by atoms with E-state index in [1.54, 1.807) is 18.2 Å². The second kappa shape index (κ2) is 13.3. The zero-order valence-corrected chi connectivity index (χ0v) is 18.6. The Hall–Kier alpha value is -1.96. The summed E-state index contributed by atoms with van der Waals surface area (Å²) in [7, 11) is 0. The van der Waals surface area contributed by atoms with Crippen molar-refractivity contribution in [2.45, 2.75) is 47.0 Å². The lowest BCUT2D eigenvalue weighted by molar-refractivity contribution is 0.361. The number of aromatic hydroxyl groups is 1. The molecule has 1 N–H and O–H groups in total. The molecule has 0 spiro atoms. The van der Waals surface area contributed by atoms with Gasteiger partial charge in [-0.25, -0.2) is 0 Å². The van der Waals surface area contributed by atoms with Crippen molar-refractivity contribution in [3.63, 3.8) is 0 Å². The number of nitrogens with zero attached hydrogens (tertiary/aromatic N) is 2. The highest BCUT2D eigenvalue weighted by Crippen LogP contribution is 2.25. The lowest BCUT2D eigenvalue weighted by atomic mass is 10.1. The summed E-state index contributed by atoms with van der Waals surface area (Å²) in [5.41, 5.74) is 2.53. The van der Waals surface area contributed by atoms with Crippen molar-refractivity contribution in [2.24, 2.45) is 5.92 Å². The van der Waals surface area contributed by atoms with Crippen molar-refractivity contribution in [1.29, 1.82) is 5.26 Å². The van der Waals surface area contributed by atoms with Crippen LogP contribution in [0.4, 0.5) is 0 Å². The van der Waals surface area contributed by atoms with E-state index in [1.807, 2.05) is 31.7 Å². The molecule has 0 amide bonds. The van der Waals surface area contributed by atoms with Gasteiger partial charge in [0.05, 0.1) is 5.56 Å². The summed E-state index contributed by atoms with van der Waals surface area (Å²) >= 11 is 1.89. The van der Waals surface area contributed by atoms with E-state index in [0.29, 0.717) is 5.56 Å². The molecular weight excluding hydrogens is 364 g/mol. The topological polar surface area (TPSA) is 47.3 Å². The lowest BCUT2D eigenvalue weighted by Crippen LogP contribution is -2.22. The number of hydrogen-bond donors (Lipinski definition) is 1. The Balaban J connectivity index is 0.000000233. The SMILES string of the molecule is C=C(C)CC.C[C@H]1CCN(CC2=CCC=CS2)C1.Cc1ccc(C#N)c(O)c1. The number of thioether (sulfide) groups is 1. The summed E-state index contributed by atoms with van der Waals surface area (Å²) < 4.78 is 0. The van der Waals surface area contributed by atoms with E-state index in [-0.39, 0.29) is 5.75 Å². The Morgan fingerprint density at radius 3 is 2.61 bits per heavy atom. The summed E-state index contributed by atoms with van der Waals surface area (Å²) in [6, 6.07) is 6.83. The third-order valence-corrected chi connectivity index (χ3v) is 5.49. The van der Waals surface area contributed by atoms with Crippen molar-refractivity contribution in [1.82, 2.24) is 4.90 Å². The van der Waals surface area contributed by atoms with Gasteiger partial charge in [-0.2, -0.15) is 5.26 Å². The molecule has 0 saturated carbocycles. The van der Waals surface area contributed by atoms with E-state index in [9.17, 15) is 0 Å². The minimum atomic E-state index is 0.0579. The molecule has 0 radical (unpaired) electrons. The highest BCUT2D eigenvalue weighted by atomic mass is 32.2. The number of aryl methyl sites for hydroxylation is 1. The zero-order valence-electron chi connectivity index (χ0n) is 17.7. The Morgan fingerprint density at radius 2 is 2.14 bits per heavy atom. The molecule has 1 fully saturated rings. The van der Waals surface area contributed by atoms with Gasteiger partial charge in [0, 0.05) is 13.1 Å². The Kier molecular flexibility index (Phi) is 11.4. The fraction of sp³-hybridized carbons (Fsp3) is 0.458. The van der Waals surface area contributed by atoms with E-state index >= 15 is 0 Å². The second-order valence-corrected chi connectivity index (χ2v) is 8.50. The first kappa shape index (κ1) is 24.1.